The number of aromatic nitrogens is 7. The van der Waals surface area contributed by atoms with Crippen molar-refractivity contribution in [3.8, 4) is 0 Å². The maximum absolute atomic E-state index is 13.4. The summed E-state index contributed by atoms with van der Waals surface area (Å²) in [6, 6.07) is 9.49. The highest BCUT2D eigenvalue weighted by molar-refractivity contribution is 5.80. The van der Waals surface area contributed by atoms with Gasteiger partial charge in [0.2, 0.25) is 5.91 Å². The summed E-state index contributed by atoms with van der Waals surface area (Å²) in [5, 5.41) is 19.6. The number of benzene rings is 1. The maximum Gasteiger partial charge on any atom is 0.247 e. The van der Waals surface area contributed by atoms with Gasteiger partial charge in [-0.15, -0.1) is 15.3 Å². The lowest BCUT2D eigenvalue weighted by atomic mass is 9.95. The van der Waals surface area contributed by atoms with Gasteiger partial charge in [0.15, 0.2) is 0 Å². The van der Waals surface area contributed by atoms with Crippen molar-refractivity contribution >= 4 is 5.91 Å². The van der Waals surface area contributed by atoms with Gasteiger partial charge in [-0.05, 0) is 28.8 Å². The molecule has 0 radical (unpaired) electrons. The van der Waals surface area contributed by atoms with Gasteiger partial charge in [0.05, 0.1) is 0 Å². The fourth-order valence-corrected chi connectivity index (χ4v) is 3.70. The molecule has 4 rings (SSSR count). The zero-order valence-corrected chi connectivity index (χ0v) is 15.2. The van der Waals surface area contributed by atoms with Gasteiger partial charge in [-0.25, -0.2) is 4.68 Å². The average Bonchev–Trinajstić information content (AvgIpc) is 3.38. The van der Waals surface area contributed by atoms with Crippen LogP contribution in [0.3, 0.4) is 0 Å². The van der Waals surface area contributed by atoms with Gasteiger partial charge in [-0.1, -0.05) is 30.3 Å². The number of amides is 1. The van der Waals surface area contributed by atoms with Crippen LogP contribution in [0.2, 0.25) is 0 Å². The van der Waals surface area contributed by atoms with Crippen LogP contribution in [0.15, 0.2) is 43.0 Å². The summed E-state index contributed by atoms with van der Waals surface area (Å²) < 4.78 is 3.49. The Balaban J connectivity index is 1.55. The molecule has 0 unspecified atom stereocenters. The van der Waals surface area contributed by atoms with Crippen LogP contribution in [0.4, 0.5) is 0 Å². The molecule has 0 N–H and O–H groups in total. The van der Waals surface area contributed by atoms with Crippen LogP contribution in [0.1, 0.15) is 36.2 Å². The van der Waals surface area contributed by atoms with Crippen molar-refractivity contribution in [1.29, 1.82) is 0 Å². The number of nitrogens with zero attached hydrogens (tertiary/aromatic N) is 8. The monoisotopic (exact) mass is 366 g/mol. The average molecular weight is 366 g/mol. The summed E-state index contributed by atoms with van der Waals surface area (Å²) in [6.45, 7) is 1.37. The van der Waals surface area contributed by atoms with Crippen LogP contribution >= 0.6 is 0 Å². The number of piperidine rings is 1. The Kier molecular flexibility index (Phi) is 4.91. The van der Waals surface area contributed by atoms with E-state index in [2.05, 4.69) is 25.7 Å². The summed E-state index contributed by atoms with van der Waals surface area (Å²) in [7, 11) is 1.94. The smallest absolute Gasteiger partial charge is 0.247 e. The number of carbonyl (C=O) groups is 1. The second kappa shape index (κ2) is 7.65. The Labute approximate surface area is 157 Å². The van der Waals surface area contributed by atoms with Crippen LogP contribution in [0.5, 0.6) is 0 Å². The fourth-order valence-electron chi connectivity index (χ4n) is 3.70. The predicted molar refractivity (Wildman–Crippen MR) is 96.6 cm³/mol. The Morgan fingerprint density at radius 2 is 2.07 bits per heavy atom. The number of hydrogen-bond acceptors (Lipinski definition) is 6. The lowest BCUT2D eigenvalue weighted by Gasteiger charge is -2.34. The summed E-state index contributed by atoms with van der Waals surface area (Å²) >= 11 is 0. The third kappa shape index (κ3) is 3.71. The first kappa shape index (κ1) is 17.3. The minimum atomic E-state index is -0.458. The molecular weight excluding hydrogens is 344 g/mol. The van der Waals surface area contributed by atoms with E-state index in [0.717, 1.165) is 30.8 Å². The molecule has 2 atom stereocenters. The van der Waals surface area contributed by atoms with Crippen LogP contribution in [0.25, 0.3) is 0 Å². The highest BCUT2D eigenvalue weighted by Crippen LogP contribution is 2.27. The molecule has 0 bridgehead atoms. The van der Waals surface area contributed by atoms with Crippen molar-refractivity contribution in [3.05, 3.63) is 54.4 Å². The first-order valence-electron chi connectivity index (χ1n) is 9.11. The minimum Gasteiger partial charge on any atom is -0.340 e. The molecule has 140 valence electrons. The molecule has 9 heteroatoms. The summed E-state index contributed by atoms with van der Waals surface area (Å²) in [5.74, 6) is 1.16. The van der Waals surface area contributed by atoms with Crippen molar-refractivity contribution in [1.82, 2.24) is 39.9 Å². The molecule has 3 heterocycles. The third-order valence-corrected chi connectivity index (χ3v) is 5.09. The molecule has 2 aromatic heterocycles. The fraction of sp³-hybridized carbons (Fsp3) is 0.444. The van der Waals surface area contributed by atoms with E-state index in [4.69, 9.17) is 0 Å². The summed E-state index contributed by atoms with van der Waals surface area (Å²) in [4.78, 5) is 15.3. The van der Waals surface area contributed by atoms with E-state index in [-0.39, 0.29) is 11.8 Å². The highest BCUT2D eigenvalue weighted by atomic mass is 16.2. The Hall–Kier alpha value is -3.10. The predicted octanol–water partition coefficient (Wildman–Crippen LogP) is 0.992. The maximum atomic E-state index is 13.4. The van der Waals surface area contributed by atoms with Gasteiger partial charge in [0.1, 0.15) is 24.5 Å². The van der Waals surface area contributed by atoms with Crippen LogP contribution in [-0.4, -0.2) is 58.9 Å². The van der Waals surface area contributed by atoms with Crippen molar-refractivity contribution < 1.29 is 4.79 Å². The normalized spacial score (nSPS) is 18.4. The first-order chi connectivity index (χ1) is 13.2. The van der Waals surface area contributed by atoms with Gasteiger partial charge in [0.25, 0.3) is 0 Å². The topological polar surface area (TPSA) is 94.6 Å². The molecule has 1 aliphatic heterocycles. The summed E-state index contributed by atoms with van der Waals surface area (Å²) in [6.07, 6.45) is 5.71. The molecule has 27 heavy (non-hydrogen) atoms. The van der Waals surface area contributed by atoms with Crippen molar-refractivity contribution in [2.24, 2.45) is 7.05 Å². The molecule has 0 aliphatic carbocycles. The number of carbonyl (C=O) groups excluding carboxylic acids is 1. The van der Waals surface area contributed by atoms with Crippen LogP contribution < -0.4 is 0 Å². The van der Waals surface area contributed by atoms with Crippen molar-refractivity contribution in [2.75, 3.05) is 13.1 Å². The van der Waals surface area contributed by atoms with Gasteiger partial charge >= 0.3 is 0 Å². The zero-order valence-electron chi connectivity index (χ0n) is 15.2. The van der Waals surface area contributed by atoms with E-state index in [1.165, 1.54) is 6.33 Å². The standard InChI is InChI=1S/C18H22N8O/c1-24-12-19-21-17(24)15-8-5-9-25(11-15)18(27)16(26-13-20-22-23-26)10-14-6-3-2-4-7-14/h2-4,6-7,12-13,15-16H,5,8-11H2,1H3/t15-,16+/m0/s1. The number of rotatable bonds is 5. The molecular formula is C18H22N8O. The van der Waals surface area contributed by atoms with Crippen LogP contribution in [0, 0.1) is 0 Å². The number of tetrazole rings is 1. The molecule has 1 fully saturated rings. The van der Waals surface area contributed by atoms with E-state index < -0.39 is 6.04 Å². The number of aryl methyl sites for hydroxylation is 1. The van der Waals surface area contributed by atoms with E-state index >= 15 is 0 Å². The molecule has 1 saturated heterocycles. The SMILES string of the molecule is Cn1cnnc1[C@H]1CCCN(C(=O)[C@@H](Cc2ccccc2)n2cnnn2)C1. The van der Waals surface area contributed by atoms with E-state index in [1.54, 1.807) is 11.0 Å². The Bertz CT molecular complexity index is 876. The third-order valence-electron chi connectivity index (χ3n) is 5.09. The lowest BCUT2D eigenvalue weighted by molar-refractivity contribution is -0.136. The van der Waals surface area contributed by atoms with E-state index in [0.29, 0.717) is 13.0 Å². The Morgan fingerprint density at radius 1 is 1.22 bits per heavy atom. The summed E-state index contributed by atoms with van der Waals surface area (Å²) in [5.41, 5.74) is 1.08. The molecule has 1 amide bonds. The second-order valence-electron chi connectivity index (χ2n) is 6.92. The number of likely N-dealkylation sites (tertiary alicyclic amines) is 1. The molecule has 1 aromatic carbocycles. The highest BCUT2D eigenvalue weighted by Gasteiger charge is 2.32. The van der Waals surface area contributed by atoms with Crippen LogP contribution in [-0.2, 0) is 18.3 Å². The lowest BCUT2D eigenvalue weighted by Crippen LogP contribution is -2.44. The molecule has 0 spiro atoms. The molecule has 9 nitrogen and oxygen atoms in total. The van der Waals surface area contributed by atoms with Gasteiger partial charge in [0, 0.05) is 32.5 Å². The molecule has 0 saturated carbocycles. The van der Waals surface area contributed by atoms with E-state index in [9.17, 15) is 4.79 Å². The van der Waals surface area contributed by atoms with Crippen molar-refractivity contribution in [3.63, 3.8) is 0 Å². The Morgan fingerprint density at radius 3 is 2.78 bits per heavy atom. The second-order valence-corrected chi connectivity index (χ2v) is 6.92. The van der Waals surface area contributed by atoms with Crippen molar-refractivity contribution in [2.45, 2.75) is 31.2 Å². The largest absolute Gasteiger partial charge is 0.340 e. The number of hydrogen-bond donors (Lipinski definition) is 0. The molecule has 3 aromatic rings. The quantitative estimate of drug-likeness (QED) is 0.668. The first-order valence-corrected chi connectivity index (χ1v) is 9.11. The minimum absolute atomic E-state index is 0.0398. The van der Waals surface area contributed by atoms with Gasteiger partial charge in [-0.3, -0.25) is 4.79 Å². The molecule has 1 aliphatic rings. The van der Waals surface area contributed by atoms with E-state index in [1.807, 2.05) is 46.8 Å². The van der Waals surface area contributed by atoms with Gasteiger partial charge in [-0.2, -0.15) is 0 Å². The van der Waals surface area contributed by atoms with Gasteiger partial charge < -0.3 is 9.47 Å². The zero-order chi connectivity index (χ0) is 18.6.